The van der Waals surface area contributed by atoms with Crippen molar-refractivity contribution in [3.8, 4) is 0 Å². The van der Waals surface area contributed by atoms with Gasteiger partial charge in [-0.1, -0.05) is 0 Å². The Kier molecular flexibility index (Phi) is 11.5. The molecule has 0 aromatic heterocycles. The van der Waals surface area contributed by atoms with E-state index < -0.39 is 17.0 Å². The number of carbonyl (C=O) groups excluding carboxylic acids is 3. The second kappa shape index (κ2) is 13.5. The van der Waals surface area contributed by atoms with Gasteiger partial charge < -0.3 is 24.6 Å². The first kappa shape index (κ1) is 31.7. The summed E-state index contributed by atoms with van der Waals surface area (Å²) in [6, 6.07) is 0.164. The molecule has 9 nitrogen and oxygen atoms in total. The number of carbonyl (C=O) groups is 3. The molecule has 9 heteroatoms. The van der Waals surface area contributed by atoms with Crippen molar-refractivity contribution in [2.45, 2.75) is 89.3 Å². The normalized spacial score (nSPS) is 30.4. The fourth-order valence-corrected chi connectivity index (χ4v) is 5.43. The van der Waals surface area contributed by atoms with Gasteiger partial charge in [0.05, 0.1) is 17.7 Å². The summed E-state index contributed by atoms with van der Waals surface area (Å²) in [4.78, 5) is 45.1. The maximum atomic E-state index is 13.1. The number of ether oxygens (including phenoxy) is 2. The number of methoxy groups -OCH3 is 1. The van der Waals surface area contributed by atoms with Crippen LogP contribution in [0.2, 0.25) is 0 Å². The summed E-state index contributed by atoms with van der Waals surface area (Å²) in [6.45, 7) is 8.50. The molecule has 2 aliphatic rings. The third-order valence-electron chi connectivity index (χ3n) is 8.90. The fourth-order valence-electron chi connectivity index (χ4n) is 5.43. The molecule has 1 heterocycles. The molecule has 2 rings (SSSR count). The molecule has 0 radical (unpaired) electrons. The molecule has 0 aromatic rings. The molecule has 1 aliphatic heterocycles. The first-order valence-corrected chi connectivity index (χ1v) is 13.8. The fraction of sp³-hybridized carbons (Fsp3) is 0.893. The van der Waals surface area contributed by atoms with Gasteiger partial charge in [-0.05, 0) is 93.4 Å². The first-order valence-electron chi connectivity index (χ1n) is 13.8. The van der Waals surface area contributed by atoms with Crippen LogP contribution in [0.3, 0.4) is 0 Å². The summed E-state index contributed by atoms with van der Waals surface area (Å²) in [5, 5.41) is 3.24. The van der Waals surface area contributed by atoms with Crippen molar-refractivity contribution in [1.29, 1.82) is 0 Å². The molecule has 214 valence electrons. The van der Waals surface area contributed by atoms with Crippen LogP contribution in [-0.4, -0.2) is 118 Å². The van der Waals surface area contributed by atoms with E-state index >= 15 is 0 Å². The quantitative estimate of drug-likeness (QED) is 0.308. The van der Waals surface area contributed by atoms with E-state index in [0.717, 1.165) is 58.2 Å². The molecule has 1 atom stereocenters. The molecule has 0 bridgehead atoms. The van der Waals surface area contributed by atoms with Gasteiger partial charge in [0.25, 0.3) is 0 Å². The Balaban J connectivity index is 2.10. The van der Waals surface area contributed by atoms with Crippen LogP contribution in [0.1, 0.15) is 72.1 Å². The van der Waals surface area contributed by atoms with Crippen molar-refractivity contribution < 1.29 is 23.9 Å². The van der Waals surface area contributed by atoms with Crippen LogP contribution in [0.4, 0.5) is 0 Å². The van der Waals surface area contributed by atoms with E-state index in [4.69, 9.17) is 9.47 Å². The summed E-state index contributed by atoms with van der Waals surface area (Å²) in [7, 11) is 9.73. The van der Waals surface area contributed by atoms with Crippen molar-refractivity contribution in [2.24, 2.45) is 5.41 Å². The zero-order valence-corrected chi connectivity index (χ0v) is 24.7. The third-order valence-corrected chi connectivity index (χ3v) is 8.90. The van der Waals surface area contributed by atoms with E-state index in [-0.39, 0.29) is 29.9 Å². The number of cyclic esters (lactones) is 1. The summed E-state index contributed by atoms with van der Waals surface area (Å²) >= 11 is 0. The highest BCUT2D eigenvalue weighted by molar-refractivity contribution is 6.02. The summed E-state index contributed by atoms with van der Waals surface area (Å²) in [6.07, 6.45) is 5.98. The van der Waals surface area contributed by atoms with Crippen LogP contribution in [0.5, 0.6) is 0 Å². The molecule has 2 fully saturated rings. The molecule has 0 unspecified atom stereocenters. The molecule has 1 saturated heterocycles. The van der Waals surface area contributed by atoms with Gasteiger partial charge in [0.15, 0.2) is 0 Å². The minimum absolute atomic E-state index is 0.105. The number of amides is 1. The lowest BCUT2D eigenvalue weighted by Crippen LogP contribution is -2.56. The number of Topliss-reactive ketones (excluding diaryl/α,β-unsaturated/α-hetero) is 1. The molecule has 1 aliphatic carbocycles. The number of esters is 1. The Hall–Kier alpha value is -1.55. The van der Waals surface area contributed by atoms with Crippen LogP contribution >= 0.6 is 0 Å². The van der Waals surface area contributed by atoms with Gasteiger partial charge in [-0.25, -0.2) is 0 Å². The van der Waals surface area contributed by atoms with Gasteiger partial charge in [-0.3, -0.25) is 19.3 Å². The van der Waals surface area contributed by atoms with E-state index in [2.05, 4.69) is 29.1 Å². The monoisotopic (exact) mass is 524 g/mol. The van der Waals surface area contributed by atoms with E-state index in [1.54, 1.807) is 21.0 Å². The standard InChI is InChI=1S/C28H52N4O5/c1-26(2)23(33)12-14-27(3,36-8)13-9-18-31(6)28(21-37-25(26)35)15-10-22(11-16-28)32(7)24(34)20-29-17-19-30(4)5/h22,29H,9-21H2,1-8H3/t22?,27-,28?/m1/s1. The minimum atomic E-state index is -1.19. The predicted octanol–water partition coefficient (Wildman–Crippen LogP) is 2.33. The Morgan fingerprint density at radius 1 is 1.11 bits per heavy atom. The van der Waals surface area contributed by atoms with Gasteiger partial charge in [0, 0.05) is 39.7 Å². The lowest BCUT2D eigenvalue weighted by Gasteiger charge is -2.47. The number of nitrogens with zero attached hydrogens (tertiary/aromatic N) is 3. The average Bonchev–Trinajstić information content (AvgIpc) is 2.87. The molecule has 37 heavy (non-hydrogen) atoms. The number of rotatable bonds is 7. The van der Waals surface area contributed by atoms with Gasteiger partial charge in [-0.15, -0.1) is 0 Å². The lowest BCUT2D eigenvalue weighted by molar-refractivity contribution is -0.163. The van der Waals surface area contributed by atoms with E-state index in [9.17, 15) is 14.4 Å². The summed E-state index contributed by atoms with van der Waals surface area (Å²) < 4.78 is 11.7. The molecule has 0 aromatic carbocycles. The van der Waals surface area contributed by atoms with Gasteiger partial charge in [0.1, 0.15) is 17.8 Å². The second-order valence-corrected chi connectivity index (χ2v) is 12.2. The number of hydrogen-bond acceptors (Lipinski definition) is 8. The Labute approximate surface area is 224 Å². The molecule has 1 saturated carbocycles. The van der Waals surface area contributed by atoms with Gasteiger partial charge in [0.2, 0.25) is 5.91 Å². The van der Waals surface area contributed by atoms with Gasteiger partial charge >= 0.3 is 5.97 Å². The minimum Gasteiger partial charge on any atom is -0.463 e. The van der Waals surface area contributed by atoms with Crippen molar-refractivity contribution in [3.05, 3.63) is 0 Å². The molecule has 1 spiro atoms. The lowest BCUT2D eigenvalue weighted by atomic mass is 9.78. The van der Waals surface area contributed by atoms with Crippen molar-refractivity contribution in [2.75, 3.05) is 68.1 Å². The number of ketones is 1. The third kappa shape index (κ3) is 8.47. The van der Waals surface area contributed by atoms with Crippen molar-refractivity contribution in [1.82, 2.24) is 20.0 Å². The molecule has 1 amide bonds. The highest BCUT2D eigenvalue weighted by atomic mass is 16.5. The summed E-state index contributed by atoms with van der Waals surface area (Å²) in [5.74, 6) is -0.458. The van der Waals surface area contributed by atoms with Crippen LogP contribution < -0.4 is 5.32 Å². The topological polar surface area (TPSA) is 91.4 Å². The van der Waals surface area contributed by atoms with Crippen LogP contribution in [0, 0.1) is 5.41 Å². The number of nitrogens with one attached hydrogen (secondary N) is 1. The maximum Gasteiger partial charge on any atom is 0.319 e. The van der Waals surface area contributed by atoms with E-state index in [1.807, 2.05) is 26.0 Å². The molecular weight excluding hydrogens is 472 g/mol. The van der Waals surface area contributed by atoms with Crippen LogP contribution in [-0.2, 0) is 23.9 Å². The average molecular weight is 525 g/mol. The molecule has 1 N–H and O–H groups in total. The number of hydrogen-bond donors (Lipinski definition) is 1. The van der Waals surface area contributed by atoms with E-state index in [0.29, 0.717) is 19.4 Å². The SMILES string of the molecule is CO[C@]1(C)CCCN(C)C2(CCC(N(C)C(=O)CNCCN(C)C)CC2)COC(=O)C(C)(C)C(=O)CC1. The molecular formula is C28H52N4O5. The Bertz CT molecular complexity index is 779. The predicted molar refractivity (Wildman–Crippen MR) is 145 cm³/mol. The zero-order chi connectivity index (χ0) is 27.9. The van der Waals surface area contributed by atoms with Crippen LogP contribution in [0.15, 0.2) is 0 Å². The number of likely N-dealkylation sites (N-methyl/N-ethyl adjacent to an activating group) is 3. The smallest absolute Gasteiger partial charge is 0.319 e. The summed E-state index contributed by atoms with van der Waals surface area (Å²) in [5.41, 5.74) is -1.90. The maximum absolute atomic E-state index is 13.1. The van der Waals surface area contributed by atoms with Gasteiger partial charge in [-0.2, -0.15) is 0 Å². The van der Waals surface area contributed by atoms with Crippen molar-refractivity contribution >= 4 is 17.7 Å². The van der Waals surface area contributed by atoms with E-state index in [1.165, 1.54) is 0 Å². The van der Waals surface area contributed by atoms with Crippen molar-refractivity contribution in [3.63, 3.8) is 0 Å². The Morgan fingerprint density at radius 2 is 1.76 bits per heavy atom. The largest absolute Gasteiger partial charge is 0.463 e. The first-order chi connectivity index (χ1) is 17.3. The van der Waals surface area contributed by atoms with Crippen LogP contribution in [0.25, 0.3) is 0 Å². The Morgan fingerprint density at radius 3 is 2.35 bits per heavy atom. The highest BCUT2D eigenvalue weighted by Crippen LogP contribution is 2.37. The second-order valence-electron chi connectivity index (χ2n) is 12.2. The highest BCUT2D eigenvalue weighted by Gasteiger charge is 2.44. The zero-order valence-electron chi connectivity index (χ0n) is 24.7.